The number of aryl methyl sites for hydroxylation is 2. The molecule has 0 amide bonds. The predicted octanol–water partition coefficient (Wildman–Crippen LogP) is 3.78. The molecule has 2 aromatic carbocycles. The number of aliphatic imine (C=N–C) groups is 1. The topological polar surface area (TPSA) is 87.1 Å². The van der Waals surface area contributed by atoms with Gasteiger partial charge in [-0.3, -0.25) is 14.7 Å². The van der Waals surface area contributed by atoms with E-state index in [1.54, 1.807) is 4.57 Å². The number of hydrogen-bond acceptors (Lipinski definition) is 5. The quantitative estimate of drug-likeness (QED) is 0.491. The first-order valence-corrected chi connectivity index (χ1v) is 9.43. The van der Waals surface area contributed by atoms with Gasteiger partial charge in [0.25, 0.3) is 5.56 Å². The van der Waals surface area contributed by atoms with E-state index in [0.29, 0.717) is 17.6 Å². The van der Waals surface area contributed by atoms with Crippen LogP contribution in [0.1, 0.15) is 23.0 Å². The van der Waals surface area contributed by atoms with E-state index in [4.69, 9.17) is 4.99 Å². The molecule has 0 saturated carbocycles. The van der Waals surface area contributed by atoms with Crippen LogP contribution in [0.15, 0.2) is 70.6 Å². The van der Waals surface area contributed by atoms with Crippen LogP contribution in [0.2, 0.25) is 0 Å². The summed E-state index contributed by atoms with van der Waals surface area (Å²) < 4.78 is 1.59. The smallest absolute Gasteiger partial charge is 0.257 e. The fraction of sp³-hybridized carbons (Fsp3) is 0.136. The standard InChI is InChI=1S/C22H20N6O/c1-13-6-5-7-15(10-13)25-21-26-20(17-12-23-18-9-4-3-8-16(17)18)28-19(29)11-14(2)24-22(28)27-21/h3-12,20,23H,1-2H3,(H2,24,25,26,27)/t20-/m1/s1. The number of para-hydroxylation sites is 1. The van der Waals surface area contributed by atoms with E-state index in [9.17, 15) is 4.79 Å². The van der Waals surface area contributed by atoms with Crippen molar-refractivity contribution in [2.24, 2.45) is 4.99 Å². The minimum absolute atomic E-state index is 0.145. The van der Waals surface area contributed by atoms with Gasteiger partial charge in [0.05, 0.1) is 0 Å². The Hall–Kier alpha value is -3.87. The van der Waals surface area contributed by atoms with Gasteiger partial charge in [-0.1, -0.05) is 30.3 Å². The lowest BCUT2D eigenvalue weighted by Gasteiger charge is -2.26. The maximum absolute atomic E-state index is 12.8. The van der Waals surface area contributed by atoms with Gasteiger partial charge < -0.3 is 10.3 Å². The van der Waals surface area contributed by atoms with Gasteiger partial charge in [-0.15, -0.1) is 0 Å². The molecule has 4 aromatic rings. The van der Waals surface area contributed by atoms with E-state index in [1.165, 1.54) is 6.07 Å². The van der Waals surface area contributed by atoms with Crippen molar-refractivity contribution >= 4 is 28.5 Å². The molecular formula is C22H20N6O. The molecule has 0 saturated heterocycles. The van der Waals surface area contributed by atoms with E-state index in [-0.39, 0.29) is 5.56 Å². The highest BCUT2D eigenvalue weighted by atomic mass is 16.1. The lowest BCUT2D eigenvalue weighted by Crippen LogP contribution is -2.37. The Kier molecular flexibility index (Phi) is 3.94. The first-order valence-electron chi connectivity index (χ1n) is 9.43. The minimum atomic E-state index is -0.532. The van der Waals surface area contributed by atoms with Crippen LogP contribution in [0.5, 0.6) is 0 Å². The van der Waals surface area contributed by atoms with Crippen LogP contribution in [-0.2, 0) is 0 Å². The van der Waals surface area contributed by atoms with E-state index in [0.717, 1.165) is 27.7 Å². The normalized spacial score (nSPS) is 15.5. The summed E-state index contributed by atoms with van der Waals surface area (Å²) in [6.07, 6.45) is 1.38. The van der Waals surface area contributed by atoms with Crippen molar-refractivity contribution in [2.75, 3.05) is 10.6 Å². The van der Waals surface area contributed by atoms with Crippen molar-refractivity contribution in [1.82, 2.24) is 14.5 Å². The fourth-order valence-corrected chi connectivity index (χ4v) is 3.69. The molecule has 0 bridgehead atoms. The van der Waals surface area contributed by atoms with E-state index < -0.39 is 6.17 Å². The SMILES string of the molecule is Cc1cccc(NC2=N[C@@H](c3c[nH]c4ccccc34)n3c(nc(C)cc3=O)N2)c1. The summed E-state index contributed by atoms with van der Waals surface area (Å²) in [4.78, 5) is 25.5. The molecule has 1 atom stereocenters. The second-order valence-electron chi connectivity index (χ2n) is 7.19. The highest BCUT2D eigenvalue weighted by Gasteiger charge is 2.27. The van der Waals surface area contributed by atoms with E-state index in [2.05, 4.69) is 20.6 Å². The molecule has 1 aliphatic heterocycles. The lowest BCUT2D eigenvalue weighted by molar-refractivity contribution is 0.581. The molecule has 7 nitrogen and oxygen atoms in total. The molecule has 0 radical (unpaired) electrons. The van der Waals surface area contributed by atoms with Gasteiger partial charge >= 0.3 is 0 Å². The number of anilines is 2. The molecule has 0 unspecified atom stereocenters. The zero-order valence-electron chi connectivity index (χ0n) is 16.1. The first-order chi connectivity index (χ1) is 14.1. The number of aromatic amines is 1. The van der Waals surface area contributed by atoms with Crippen LogP contribution in [-0.4, -0.2) is 20.5 Å². The largest absolute Gasteiger partial charge is 0.361 e. The van der Waals surface area contributed by atoms with Crippen LogP contribution >= 0.6 is 0 Å². The average molecular weight is 384 g/mol. The maximum Gasteiger partial charge on any atom is 0.257 e. The Bertz CT molecular complexity index is 1320. The van der Waals surface area contributed by atoms with Gasteiger partial charge in [0.1, 0.15) is 0 Å². The molecule has 0 aliphatic carbocycles. The molecular weight excluding hydrogens is 364 g/mol. The van der Waals surface area contributed by atoms with Crippen LogP contribution in [0, 0.1) is 13.8 Å². The molecule has 0 spiro atoms. The highest BCUT2D eigenvalue weighted by molar-refractivity contribution is 6.03. The molecule has 2 aromatic heterocycles. The lowest BCUT2D eigenvalue weighted by atomic mass is 10.1. The summed E-state index contributed by atoms with van der Waals surface area (Å²) in [6, 6.07) is 17.6. The highest BCUT2D eigenvalue weighted by Crippen LogP contribution is 2.31. The number of H-pyrrole nitrogens is 1. The summed E-state index contributed by atoms with van der Waals surface area (Å²) >= 11 is 0. The van der Waals surface area contributed by atoms with Crippen LogP contribution in [0.25, 0.3) is 10.9 Å². The van der Waals surface area contributed by atoms with Gasteiger partial charge in [0.15, 0.2) is 6.17 Å². The Morgan fingerprint density at radius 2 is 1.93 bits per heavy atom. The van der Waals surface area contributed by atoms with Gasteiger partial charge in [-0.2, -0.15) is 0 Å². The third-order valence-electron chi connectivity index (χ3n) is 4.99. The minimum Gasteiger partial charge on any atom is -0.361 e. The number of fused-ring (bicyclic) bond motifs is 2. The Labute approximate surface area is 167 Å². The number of nitrogens with one attached hydrogen (secondary N) is 3. The Morgan fingerprint density at radius 1 is 1.07 bits per heavy atom. The molecule has 29 heavy (non-hydrogen) atoms. The molecule has 5 rings (SSSR count). The molecule has 3 N–H and O–H groups in total. The first kappa shape index (κ1) is 17.2. The van der Waals surface area contributed by atoms with Crippen molar-refractivity contribution in [3.8, 4) is 0 Å². The van der Waals surface area contributed by atoms with Crippen molar-refractivity contribution in [3.63, 3.8) is 0 Å². The van der Waals surface area contributed by atoms with E-state index >= 15 is 0 Å². The second-order valence-corrected chi connectivity index (χ2v) is 7.19. The van der Waals surface area contributed by atoms with Crippen LogP contribution < -0.4 is 16.2 Å². The van der Waals surface area contributed by atoms with Crippen LogP contribution in [0.4, 0.5) is 11.6 Å². The van der Waals surface area contributed by atoms with Crippen molar-refractivity contribution in [2.45, 2.75) is 20.0 Å². The number of rotatable bonds is 2. The number of guanidine groups is 1. The Morgan fingerprint density at radius 3 is 2.79 bits per heavy atom. The summed E-state index contributed by atoms with van der Waals surface area (Å²) in [5, 5.41) is 7.51. The zero-order chi connectivity index (χ0) is 20.0. The maximum atomic E-state index is 12.8. The van der Waals surface area contributed by atoms with Gasteiger partial charge in [0.2, 0.25) is 11.9 Å². The molecule has 144 valence electrons. The molecule has 3 heterocycles. The third-order valence-corrected chi connectivity index (χ3v) is 4.99. The molecule has 7 heteroatoms. The number of aromatic nitrogens is 3. The predicted molar refractivity (Wildman–Crippen MR) is 116 cm³/mol. The second kappa shape index (κ2) is 6.63. The number of nitrogens with zero attached hydrogens (tertiary/aromatic N) is 3. The third kappa shape index (κ3) is 3.06. The van der Waals surface area contributed by atoms with Gasteiger partial charge in [-0.25, -0.2) is 9.98 Å². The van der Waals surface area contributed by atoms with Crippen LogP contribution in [0.3, 0.4) is 0 Å². The Balaban J connectivity index is 1.66. The van der Waals surface area contributed by atoms with E-state index in [1.807, 2.05) is 68.6 Å². The van der Waals surface area contributed by atoms with Crippen molar-refractivity contribution in [3.05, 3.63) is 88.0 Å². The van der Waals surface area contributed by atoms with Crippen molar-refractivity contribution < 1.29 is 0 Å². The monoisotopic (exact) mass is 384 g/mol. The summed E-state index contributed by atoms with van der Waals surface area (Å²) in [7, 11) is 0. The number of hydrogen-bond donors (Lipinski definition) is 3. The van der Waals surface area contributed by atoms with Gasteiger partial charge in [-0.05, 0) is 37.6 Å². The average Bonchev–Trinajstić information content (AvgIpc) is 3.11. The summed E-state index contributed by atoms with van der Waals surface area (Å²) in [5.74, 6) is 1.01. The molecule has 0 fully saturated rings. The summed E-state index contributed by atoms with van der Waals surface area (Å²) in [6.45, 7) is 3.85. The summed E-state index contributed by atoms with van der Waals surface area (Å²) in [5.41, 5.74) is 4.48. The van der Waals surface area contributed by atoms with Gasteiger partial charge in [0, 0.05) is 40.1 Å². The molecule has 1 aliphatic rings. The number of benzene rings is 2. The van der Waals surface area contributed by atoms with Crippen molar-refractivity contribution in [1.29, 1.82) is 0 Å². The fourth-order valence-electron chi connectivity index (χ4n) is 3.69. The zero-order valence-corrected chi connectivity index (χ0v) is 16.1.